The summed E-state index contributed by atoms with van der Waals surface area (Å²) in [6.07, 6.45) is 0. The molecule has 1 aromatic heterocycles. The zero-order valence-corrected chi connectivity index (χ0v) is 9.79. The molecule has 0 saturated carbocycles. The van der Waals surface area contributed by atoms with E-state index in [-0.39, 0.29) is 11.8 Å². The minimum Gasteiger partial charge on any atom is -0.409 e. The fourth-order valence-electron chi connectivity index (χ4n) is 1.19. The Morgan fingerprint density at radius 3 is 2.93 bits per heavy atom. The van der Waals surface area contributed by atoms with Gasteiger partial charge in [0, 0.05) is 23.4 Å². The second-order valence-electron chi connectivity index (χ2n) is 3.57. The van der Waals surface area contributed by atoms with E-state index in [0.717, 1.165) is 0 Å². The molecule has 0 aliphatic heterocycles. The highest BCUT2D eigenvalue weighted by Crippen LogP contribution is 2.18. The lowest BCUT2D eigenvalue weighted by atomic mass is 10.1. The summed E-state index contributed by atoms with van der Waals surface area (Å²) in [6, 6.07) is 4.43. The number of oxime groups is 1. The van der Waals surface area contributed by atoms with Crippen molar-refractivity contribution in [2.45, 2.75) is 19.9 Å². The number of amidine groups is 1. The van der Waals surface area contributed by atoms with E-state index < -0.39 is 0 Å². The van der Waals surface area contributed by atoms with Gasteiger partial charge in [-0.15, -0.1) is 11.3 Å². The summed E-state index contributed by atoms with van der Waals surface area (Å²) in [7, 11) is 0. The molecule has 0 aliphatic rings. The first-order valence-corrected chi connectivity index (χ1v) is 5.77. The maximum Gasteiger partial charge on any atom is 0.143 e. The van der Waals surface area contributed by atoms with Crippen LogP contribution in [0.2, 0.25) is 0 Å². The zero-order valence-electron chi connectivity index (χ0n) is 8.97. The number of nitrogens with one attached hydrogen (secondary N) is 1. The van der Waals surface area contributed by atoms with E-state index in [2.05, 4.69) is 28.8 Å². The van der Waals surface area contributed by atoms with Gasteiger partial charge in [-0.05, 0) is 18.4 Å². The van der Waals surface area contributed by atoms with Crippen LogP contribution in [0, 0.1) is 5.92 Å². The third-order valence-corrected chi connectivity index (χ3v) is 3.38. The summed E-state index contributed by atoms with van der Waals surface area (Å²) in [5.41, 5.74) is 5.48. The molecule has 15 heavy (non-hydrogen) atoms. The summed E-state index contributed by atoms with van der Waals surface area (Å²) < 4.78 is 0. The highest BCUT2D eigenvalue weighted by Gasteiger charge is 2.10. The van der Waals surface area contributed by atoms with Gasteiger partial charge in [0.15, 0.2) is 0 Å². The summed E-state index contributed by atoms with van der Waals surface area (Å²) in [5.74, 6) is 0.304. The number of nitrogens with zero attached hydrogens (tertiary/aromatic N) is 1. The quantitative estimate of drug-likeness (QED) is 0.311. The minimum absolute atomic E-state index is 0.0393. The second-order valence-corrected chi connectivity index (χ2v) is 4.55. The van der Waals surface area contributed by atoms with Crippen molar-refractivity contribution in [3.8, 4) is 0 Å². The molecule has 5 heteroatoms. The average Bonchev–Trinajstić information content (AvgIpc) is 2.77. The largest absolute Gasteiger partial charge is 0.409 e. The van der Waals surface area contributed by atoms with Crippen LogP contribution in [0.15, 0.2) is 22.7 Å². The van der Waals surface area contributed by atoms with Crippen molar-refractivity contribution in [3.05, 3.63) is 22.4 Å². The SMILES string of the molecule is CC(CN[C@H](C)c1cccs1)/C(N)=N/O. The number of hydrogen-bond donors (Lipinski definition) is 3. The van der Waals surface area contributed by atoms with Crippen LogP contribution in [0.1, 0.15) is 24.8 Å². The Kier molecular flexibility index (Phi) is 4.58. The molecule has 2 atom stereocenters. The first kappa shape index (κ1) is 12.0. The molecule has 0 fully saturated rings. The normalized spacial score (nSPS) is 16.3. The van der Waals surface area contributed by atoms with Crippen LogP contribution < -0.4 is 11.1 Å². The van der Waals surface area contributed by atoms with E-state index in [0.29, 0.717) is 12.6 Å². The Labute approximate surface area is 93.8 Å². The summed E-state index contributed by atoms with van der Waals surface area (Å²) in [6.45, 7) is 4.73. The lowest BCUT2D eigenvalue weighted by molar-refractivity contribution is 0.313. The van der Waals surface area contributed by atoms with Gasteiger partial charge in [0.25, 0.3) is 0 Å². The van der Waals surface area contributed by atoms with Gasteiger partial charge in [0.1, 0.15) is 5.84 Å². The molecule has 0 radical (unpaired) electrons. The smallest absolute Gasteiger partial charge is 0.143 e. The Hall–Kier alpha value is -1.07. The molecule has 4 nitrogen and oxygen atoms in total. The first-order chi connectivity index (χ1) is 7.15. The molecule has 0 aliphatic carbocycles. The van der Waals surface area contributed by atoms with Gasteiger partial charge < -0.3 is 16.3 Å². The Morgan fingerprint density at radius 2 is 2.40 bits per heavy atom. The van der Waals surface area contributed by atoms with E-state index in [9.17, 15) is 0 Å². The molecule has 1 rings (SSSR count). The standard InChI is InChI=1S/C10H17N3OS/c1-7(10(11)13-14)6-12-8(2)9-4-3-5-15-9/h3-5,7-8,12,14H,6H2,1-2H3,(H2,11,13)/t7?,8-/m1/s1. The molecule has 1 aromatic rings. The van der Waals surface area contributed by atoms with E-state index in [1.807, 2.05) is 13.0 Å². The number of hydrogen-bond acceptors (Lipinski definition) is 4. The molecule has 0 spiro atoms. The van der Waals surface area contributed by atoms with Crippen LogP contribution in [0.5, 0.6) is 0 Å². The van der Waals surface area contributed by atoms with Crippen LogP contribution in [0.25, 0.3) is 0 Å². The molecule has 0 saturated heterocycles. The van der Waals surface area contributed by atoms with E-state index in [1.54, 1.807) is 11.3 Å². The van der Waals surface area contributed by atoms with Crippen molar-refractivity contribution in [2.24, 2.45) is 16.8 Å². The maximum absolute atomic E-state index is 8.49. The predicted octanol–water partition coefficient (Wildman–Crippen LogP) is 1.78. The van der Waals surface area contributed by atoms with Gasteiger partial charge >= 0.3 is 0 Å². The molecule has 1 unspecified atom stereocenters. The van der Waals surface area contributed by atoms with Crippen molar-refractivity contribution < 1.29 is 5.21 Å². The van der Waals surface area contributed by atoms with Crippen molar-refractivity contribution >= 4 is 17.2 Å². The molecule has 0 bridgehead atoms. The van der Waals surface area contributed by atoms with Gasteiger partial charge in [0.2, 0.25) is 0 Å². The topological polar surface area (TPSA) is 70.6 Å². The van der Waals surface area contributed by atoms with Crippen molar-refractivity contribution in [2.75, 3.05) is 6.54 Å². The van der Waals surface area contributed by atoms with Crippen LogP contribution >= 0.6 is 11.3 Å². The van der Waals surface area contributed by atoms with Crippen LogP contribution in [0.3, 0.4) is 0 Å². The maximum atomic E-state index is 8.49. The molecular formula is C10H17N3OS. The molecule has 0 amide bonds. The second kappa shape index (κ2) is 5.72. The van der Waals surface area contributed by atoms with Gasteiger partial charge in [-0.3, -0.25) is 0 Å². The zero-order chi connectivity index (χ0) is 11.3. The van der Waals surface area contributed by atoms with Gasteiger partial charge in [-0.25, -0.2) is 0 Å². The lowest BCUT2D eigenvalue weighted by Crippen LogP contribution is -2.32. The highest BCUT2D eigenvalue weighted by atomic mass is 32.1. The van der Waals surface area contributed by atoms with Gasteiger partial charge in [-0.2, -0.15) is 0 Å². The summed E-state index contributed by atoms with van der Waals surface area (Å²) >= 11 is 1.72. The Morgan fingerprint density at radius 1 is 1.67 bits per heavy atom. The lowest BCUT2D eigenvalue weighted by Gasteiger charge is -2.15. The number of rotatable bonds is 5. The average molecular weight is 227 g/mol. The number of nitrogens with two attached hydrogens (primary N) is 1. The fraction of sp³-hybridized carbons (Fsp3) is 0.500. The van der Waals surface area contributed by atoms with Crippen molar-refractivity contribution in [1.29, 1.82) is 0 Å². The van der Waals surface area contributed by atoms with E-state index in [4.69, 9.17) is 10.9 Å². The predicted molar refractivity (Wildman–Crippen MR) is 63.3 cm³/mol. The van der Waals surface area contributed by atoms with E-state index >= 15 is 0 Å². The fourth-order valence-corrected chi connectivity index (χ4v) is 1.95. The Bertz CT molecular complexity index is 310. The molecule has 1 heterocycles. The molecular weight excluding hydrogens is 210 g/mol. The highest BCUT2D eigenvalue weighted by molar-refractivity contribution is 7.10. The Balaban J connectivity index is 2.38. The van der Waals surface area contributed by atoms with Crippen LogP contribution in [0.4, 0.5) is 0 Å². The molecule has 4 N–H and O–H groups in total. The molecule has 0 aromatic carbocycles. The first-order valence-electron chi connectivity index (χ1n) is 4.89. The van der Waals surface area contributed by atoms with Crippen LogP contribution in [-0.2, 0) is 0 Å². The molecule has 84 valence electrons. The monoisotopic (exact) mass is 227 g/mol. The van der Waals surface area contributed by atoms with Gasteiger partial charge in [0.05, 0.1) is 0 Å². The summed E-state index contributed by atoms with van der Waals surface area (Å²) in [5, 5.41) is 16.9. The van der Waals surface area contributed by atoms with Crippen molar-refractivity contribution in [1.82, 2.24) is 5.32 Å². The number of thiophene rings is 1. The third-order valence-electron chi connectivity index (χ3n) is 2.32. The summed E-state index contributed by atoms with van der Waals surface area (Å²) in [4.78, 5) is 1.29. The van der Waals surface area contributed by atoms with E-state index in [1.165, 1.54) is 4.88 Å². The van der Waals surface area contributed by atoms with Crippen molar-refractivity contribution in [3.63, 3.8) is 0 Å². The van der Waals surface area contributed by atoms with Gasteiger partial charge in [-0.1, -0.05) is 18.1 Å². The minimum atomic E-state index is 0.0393. The van der Waals surface area contributed by atoms with Crippen LogP contribution in [-0.4, -0.2) is 17.6 Å². The third kappa shape index (κ3) is 3.53.